The Hall–Kier alpha value is -1.13. The van der Waals surface area contributed by atoms with Gasteiger partial charge in [-0.1, -0.05) is 49.1 Å². The average molecular weight is 333 g/mol. The number of sulfonamides is 1. The van der Waals surface area contributed by atoms with E-state index in [1.54, 1.807) is 16.4 Å². The van der Waals surface area contributed by atoms with Gasteiger partial charge in [0.25, 0.3) is 0 Å². The van der Waals surface area contributed by atoms with Crippen LogP contribution in [0.3, 0.4) is 0 Å². The van der Waals surface area contributed by atoms with E-state index in [-0.39, 0.29) is 11.5 Å². The molecular formula is C19H27NO2S. The molecule has 1 atom stereocenters. The van der Waals surface area contributed by atoms with Gasteiger partial charge in [0.15, 0.2) is 0 Å². The van der Waals surface area contributed by atoms with E-state index in [9.17, 15) is 8.42 Å². The van der Waals surface area contributed by atoms with Crippen LogP contribution in [0.15, 0.2) is 41.3 Å². The Morgan fingerprint density at radius 3 is 2.39 bits per heavy atom. The summed E-state index contributed by atoms with van der Waals surface area (Å²) >= 11 is 0. The highest BCUT2D eigenvalue weighted by Gasteiger charge is 2.47. The molecule has 0 amide bonds. The summed E-state index contributed by atoms with van der Waals surface area (Å²) in [7, 11) is -3.42. The van der Waals surface area contributed by atoms with Crippen LogP contribution in [0.5, 0.6) is 0 Å². The minimum absolute atomic E-state index is 0.00408. The van der Waals surface area contributed by atoms with E-state index in [0.717, 1.165) is 12.0 Å². The first-order valence-corrected chi connectivity index (χ1v) is 10.1. The highest BCUT2D eigenvalue weighted by atomic mass is 32.2. The Kier molecular flexibility index (Phi) is 4.65. The van der Waals surface area contributed by atoms with Crippen molar-refractivity contribution in [3.05, 3.63) is 42.0 Å². The fourth-order valence-electron chi connectivity index (χ4n) is 4.22. The number of allylic oxidation sites excluding steroid dienone is 1. The maximum atomic E-state index is 13.1. The van der Waals surface area contributed by atoms with E-state index in [1.807, 2.05) is 32.1 Å². The maximum Gasteiger partial charge on any atom is 0.243 e. The summed E-state index contributed by atoms with van der Waals surface area (Å²) in [5.41, 5.74) is 1.28. The van der Waals surface area contributed by atoms with Gasteiger partial charge in [-0.15, -0.1) is 0 Å². The molecule has 1 aliphatic carbocycles. The monoisotopic (exact) mass is 333 g/mol. The maximum absolute atomic E-state index is 13.1. The molecule has 1 unspecified atom stereocenters. The van der Waals surface area contributed by atoms with Crippen molar-refractivity contribution in [1.82, 2.24) is 4.31 Å². The van der Waals surface area contributed by atoms with Gasteiger partial charge < -0.3 is 0 Å². The third-order valence-electron chi connectivity index (χ3n) is 5.46. The lowest BCUT2D eigenvalue weighted by atomic mass is 9.73. The second-order valence-electron chi connectivity index (χ2n) is 7.22. The van der Waals surface area contributed by atoms with E-state index in [4.69, 9.17) is 0 Å². The highest BCUT2D eigenvalue weighted by Crippen LogP contribution is 2.48. The number of hydrogen-bond donors (Lipinski definition) is 0. The Morgan fingerprint density at radius 2 is 1.78 bits per heavy atom. The van der Waals surface area contributed by atoms with Crippen LogP contribution in [0.1, 0.15) is 51.0 Å². The fraction of sp³-hybridized carbons (Fsp3) is 0.579. The second-order valence-corrected chi connectivity index (χ2v) is 9.11. The summed E-state index contributed by atoms with van der Waals surface area (Å²) in [6, 6.07) is 7.24. The van der Waals surface area contributed by atoms with Gasteiger partial charge in [0.05, 0.1) is 4.90 Å². The van der Waals surface area contributed by atoms with Gasteiger partial charge in [0, 0.05) is 12.6 Å². The normalized spacial score (nSPS) is 25.4. The summed E-state index contributed by atoms with van der Waals surface area (Å²) in [5.74, 6) is 0. The van der Waals surface area contributed by atoms with Crippen LogP contribution < -0.4 is 0 Å². The topological polar surface area (TPSA) is 37.4 Å². The SMILES string of the molecule is CC=CC1CC2(CCCCC2)CN1S(=O)(=O)c1ccc(C)cc1. The standard InChI is InChI=1S/C19H27NO2S/c1-3-7-17-14-19(12-5-4-6-13-19)15-20(17)23(21,22)18-10-8-16(2)9-11-18/h3,7-11,17H,4-6,12-15H2,1-2H3. The molecule has 1 aliphatic heterocycles. The zero-order chi connectivity index (χ0) is 16.5. The molecular weight excluding hydrogens is 306 g/mol. The highest BCUT2D eigenvalue weighted by molar-refractivity contribution is 7.89. The molecule has 0 aromatic heterocycles. The molecule has 4 heteroatoms. The summed E-state index contributed by atoms with van der Waals surface area (Å²) < 4.78 is 28.1. The molecule has 3 rings (SSSR count). The molecule has 1 aromatic carbocycles. The van der Waals surface area contributed by atoms with Crippen LogP contribution in [0.2, 0.25) is 0 Å². The molecule has 3 nitrogen and oxygen atoms in total. The molecule has 0 N–H and O–H groups in total. The Labute approximate surface area is 140 Å². The zero-order valence-corrected chi connectivity index (χ0v) is 15.0. The van der Waals surface area contributed by atoms with Crippen molar-refractivity contribution >= 4 is 10.0 Å². The van der Waals surface area contributed by atoms with Gasteiger partial charge in [-0.3, -0.25) is 0 Å². The van der Waals surface area contributed by atoms with Crippen molar-refractivity contribution < 1.29 is 8.42 Å². The Bertz CT molecular complexity index is 670. The van der Waals surface area contributed by atoms with Crippen molar-refractivity contribution in [2.75, 3.05) is 6.54 Å². The molecule has 23 heavy (non-hydrogen) atoms. The van der Waals surface area contributed by atoms with Gasteiger partial charge in [0.1, 0.15) is 0 Å². The lowest BCUT2D eigenvalue weighted by Crippen LogP contribution is -2.36. The van der Waals surface area contributed by atoms with Crippen LogP contribution in [0, 0.1) is 12.3 Å². The van der Waals surface area contributed by atoms with Crippen LogP contribution >= 0.6 is 0 Å². The van der Waals surface area contributed by atoms with Crippen molar-refractivity contribution in [3.8, 4) is 0 Å². The van der Waals surface area contributed by atoms with Crippen molar-refractivity contribution in [2.24, 2.45) is 5.41 Å². The summed E-state index contributed by atoms with van der Waals surface area (Å²) in [6.45, 7) is 4.63. The number of aryl methyl sites for hydroxylation is 1. The minimum atomic E-state index is -3.42. The average Bonchev–Trinajstić information content (AvgIpc) is 2.88. The minimum Gasteiger partial charge on any atom is -0.207 e. The van der Waals surface area contributed by atoms with Crippen molar-refractivity contribution in [2.45, 2.75) is 63.3 Å². The molecule has 1 saturated carbocycles. The molecule has 1 spiro atoms. The molecule has 2 aliphatic rings. The molecule has 126 valence electrons. The third kappa shape index (κ3) is 3.24. The van der Waals surface area contributed by atoms with Crippen LogP contribution in [-0.4, -0.2) is 25.3 Å². The van der Waals surface area contributed by atoms with Crippen molar-refractivity contribution in [3.63, 3.8) is 0 Å². The van der Waals surface area contributed by atoms with Gasteiger partial charge in [-0.05, 0) is 50.7 Å². The van der Waals surface area contributed by atoms with Gasteiger partial charge in [-0.25, -0.2) is 8.42 Å². The van der Waals surface area contributed by atoms with Crippen molar-refractivity contribution in [1.29, 1.82) is 0 Å². The van der Waals surface area contributed by atoms with Gasteiger partial charge in [-0.2, -0.15) is 4.31 Å². The Morgan fingerprint density at radius 1 is 1.13 bits per heavy atom. The summed E-state index contributed by atoms with van der Waals surface area (Å²) in [5, 5.41) is 0. The summed E-state index contributed by atoms with van der Waals surface area (Å²) in [4.78, 5) is 0.422. The quantitative estimate of drug-likeness (QED) is 0.774. The lowest BCUT2D eigenvalue weighted by molar-refractivity contribution is 0.205. The first-order chi connectivity index (χ1) is 11.0. The van der Waals surface area contributed by atoms with E-state index in [2.05, 4.69) is 6.08 Å². The molecule has 1 aromatic rings. The van der Waals surface area contributed by atoms with Crippen LogP contribution in [-0.2, 0) is 10.0 Å². The number of nitrogens with zero attached hydrogens (tertiary/aromatic N) is 1. The second kappa shape index (κ2) is 6.40. The number of rotatable bonds is 3. The largest absolute Gasteiger partial charge is 0.243 e. The number of hydrogen-bond acceptors (Lipinski definition) is 2. The third-order valence-corrected chi connectivity index (χ3v) is 7.34. The van der Waals surface area contributed by atoms with Crippen LogP contribution in [0.25, 0.3) is 0 Å². The zero-order valence-electron chi connectivity index (χ0n) is 14.2. The molecule has 0 radical (unpaired) electrons. The van der Waals surface area contributed by atoms with E-state index in [1.165, 1.54) is 32.1 Å². The van der Waals surface area contributed by atoms with E-state index in [0.29, 0.717) is 11.4 Å². The summed E-state index contributed by atoms with van der Waals surface area (Å²) in [6.07, 6.45) is 11.1. The molecule has 1 heterocycles. The molecule has 1 saturated heterocycles. The molecule has 2 fully saturated rings. The van der Waals surface area contributed by atoms with E-state index < -0.39 is 10.0 Å². The van der Waals surface area contributed by atoms with E-state index >= 15 is 0 Å². The molecule has 0 bridgehead atoms. The smallest absolute Gasteiger partial charge is 0.207 e. The van der Waals surface area contributed by atoms with Gasteiger partial charge in [0.2, 0.25) is 10.0 Å². The predicted molar refractivity (Wildman–Crippen MR) is 93.8 cm³/mol. The fourth-order valence-corrected chi connectivity index (χ4v) is 5.91. The first-order valence-electron chi connectivity index (χ1n) is 8.68. The number of benzene rings is 1. The Balaban J connectivity index is 1.93. The first kappa shape index (κ1) is 16.7. The van der Waals surface area contributed by atoms with Gasteiger partial charge >= 0.3 is 0 Å². The predicted octanol–water partition coefficient (Wildman–Crippen LogP) is 4.28. The lowest BCUT2D eigenvalue weighted by Gasteiger charge is -2.33. The van der Waals surface area contributed by atoms with Crippen LogP contribution in [0.4, 0.5) is 0 Å².